The van der Waals surface area contributed by atoms with E-state index in [0.29, 0.717) is 13.1 Å². The van der Waals surface area contributed by atoms with Crippen molar-refractivity contribution in [2.24, 2.45) is 0 Å². The van der Waals surface area contributed by atoms with E-state index in [1.54, 1.807) is 23.4 Å². The number of thiophene rings is 1. The highest BCUT2D eigenvalue weighted by Crippen LogP contribution is 2.39. The molecule has 0 N–H and O–H groups in total. The van der Waals surface area contributed by atoms with E-state index in [1.165, 1.54) is 0 Å². The molecule has 1 atom stereocenters. The quantitative estimate of drug-likeness (QED) is 0.359. The Balaban J connectivity index is 1.63. The van der Waals surface area contributed by atoms with Crippen LogP contribution in [0, 0.1) is 5.13 Å². The molecular formula is C25H25FN4O2S. The lowest BCUT2D eigenvalue weighted by Crippen LogP contribution is -2.47. The fourth-order valence-corrected chi connectivity index (χ4v) is 5.04. The van der Waals surface area contributed by atoms with E-state index in [-0.39, 0.29) is 17.3 Å². The lowest BCUT2D eigenvalue weighted by Gasteiger charge is -2.35. The molecule has 0 spiro atoms. The molecule has 0 radical (unpaired) electrons. The number of benzene rings is 1. The van der Waals surface area contributed by atoms with Gasteiger partial charge in [0, 0.05) is 28.2 Å². The summed E-state index contributed by atoms with van der Waals surface area (Å²) in [6.45, 7) is 8.55. The Morgan fingerprint density at radius 3 is 2.64 bits per heavy atom. The number of nitrogens with zero attached hydrogens (tertiary/aromatic N) is 4. The summed E-state index contributed by atoms with van der Waals surface area (Å²) in [4.78, 5) is 18.9. The molecule has 170 valence electrons. The molecule has 1 aliphatic heterocycles. The van der Waals surface area contributed by atoms with Crippen LogP contribution in [-0.4, -0.2) is 37.4 Å². The monoisotopic (exact) mass is 464 g/mol. The first-order valence-electron chi connectivity index (χ1n) is 10.9. The van der Waals surface area contributed by atoms with Gasteiger partial charge < -0.3 is 4.74 Å². The molecule has 5 rings (SSSR count). The lowest BCUT2D eigenvalue weighted by atomic mass is 9.98. The van der Waals surface area contributed by atoms with Gasteiger partial charge in [-0.2, -0.15) is 9.49 Å². The number of hydrogen-bond donors (Lipinski definition) is 0. The standard InChI is InChI=1S/C25H25FN4O2S/c1-15-13-30-19(14-29(15)24(31)32-25(2,3)4)22(16-7-9-27-10-8-16)23(28-30)18-6-5-17-12-21(26)33-20(17)11-18/h5-12,15H,13-14H2,1-4H3/t15-/m1/s1. The first kappa shape index (κ1) is 21.6. The summed E-state index contributed by atoms with van der Waals surface area (Å²) in [5.41, 5.74) is 4.02. The van der Waals surface area contributed by atoms with Crippen molar-refractivity contribution in [1.29, 1.82) is 0 Å². The fraction of sp³-hybridized carbons (Fsp3) is 0.320. The van der Waals surface area contributed by atoms with Gasteiger partial charge in [0.1, 0.15) is 11.3 Å². The Bertz CT molecular complexity index is 1340. The third-order valence-corrected chi connectivity index (χ3v) is 6.59. The van der Waals surface area contributed by atoms with E-state index >= 15 is 0 Å². The number of aromatic nitrogens is 3. The molecule has 1 aliphatic rings. The minimum atomic E-state index is -0.570. The molecular weight excluding hydrogens is 439 g/mol. The highest BCUT2D eigenvalue weighted by Gasteiger charge is 2.34. The van der Waals surface area contributed by atoms with Gasteiger partial charge in [0.05, 0.1) is 24.8 Å². The lowest BCUT2D eigenvalue weighted by molar-refractivity contribution is 0.00914. The summed E-state index contributed by atoms with van der Waals surface area (Å²) < 4.78 is 22.3. The van der Waals surface area contributed by atoms with Gasteiger partial charge in [0.15, 0.2) is 5.13 Å². The molecule has 0 fully saturated rings. The van der Waals surface area contributed by atoms with Gasteiger partial charge >= 0.3 is 6.09 Å². The highest BCUT2D eigenvalue weighted by molar-refractivity contribution is 7.17. The third-order valence-electron chi connectivity index (χ3n) is 5.71. The van der Waals surface area contributed by atoms with Crippen LogP contribution in [0.2, 0.25) is 0 Å². The number of hydrogen-bond acceptors (Lipinski definition) is 5. The summed E-state index contributed by atoms with van der Waals surface area (Å²) >= 11 is 1.13. The minimum Gasteiger partial charge on any atom is -0.444 e. The van der Waals surface area contributed by atoms with Gasteiger partial charge in [-0.3, -0.25) is 14.6 Å². The van der Waals surface area contributed by atoms with E-state index in [9.17, 15) is 9.18 Å². The van der Waals surface area contributed by atoms with Crippen LogP contribution in [0.1, 0.15) is 33.4 Å². The topological polar surface area (TPSA) is 60.2 Å². The van der Waals surface area contributed by atoms with Gasteiger partial charge in [-0.25, -0.2) is 4.79 Å². The molecule has 0 aliphatic carbocycles. The van der Waals surface area contributed by atoms with Gasteiger partial charge in [-0.05, 0) is 62.9 Å². The molecule has 33 heavy (non-hydrogen) atoms. The average molecular weight is 465 g/mol. The van der Waals surface area contributed by atoms with Crippen LogP contribution in [-0.2, 0) is 17.8 Å². The Hall–Kier alpha value is -3.26. The van der Waals surface area contributed by atoms with E-state index in [4.69, 9.17) is 9.84 Å². The van der Waals surface area contributed by atoms with Gasteiger partial charge in [0.2, 0.25) is 0 Å². The maximum atomic E-state index is 13.8. The van der Waals surface area contributed by atoms with Crippen LogP contribution in [0.5, 0.6) is 0 Å². The normalized spacial score (nSPS) is 16.2. The van der Waals surface area contributed by atoms with E-state index in [0.717, 1.165) is 49.5 Å². The number of ether oxygens (including phenoxy) is 1. The Morgan fingerprint density at radius 2 is 1.91 bits per heavy atom. The van der Waals surface area contributed by atoms with Crippen molar-refractivity contribution in [1.82, 2.24) is 19.7 Å². The van der Waals surface area contributed by atoms with Crippen molar-refractivity contribution in [2.75, 3.05) is 0 Å². The van der Waals surface area contributed by atoms with E-state index in [1.807, 2.05) is 62.7 Å². The number of amides is 1. The molecule has 6 nitrogen and oxygen atoms in total. The number of pyridine rings is 1. The van der Waals surface area contributed by atoms with E-state index in [2.05, 4.69) is 4.98 Å². The van der Waals surface area contributed by atoms with Gasteiger partial charge in [-0.1, -0.05) is 12.1 Å². The average Bonchev–Trinajstić information content (AvgIpc) is 3.30. The van der Waals surface area contributed by atoms with Crippen LogP contribution in [0.25, 0.3) is 32.5 Å². The number of halogens is 1. The van der Waals surface area contributed by atoms with Crippen molar-refractivity contribution in [3.63, 3.8) is 0 Å². The largest absolute Gasteiger partial charge is 0.444 e. The second-order valence-electron chi connectivity index (χ2n) is 9.35. The fourth-order valence-electron chi connectivity index (χ4n) is 4.21. The number of fused-ring (bicyclic) bond motifs is 2. The van der Waals surface area contributed by atoms with Crippen molar-refractivity contribution >= 4 is 27.5 Å². The predicted molar refractivity (Wildman–Crippen MR) is 127 cm³/mol. The zero-order chi connectivity index (χ0) is 23.3. The van der Waals surface area contributed by atoms with E-state index < -0.39 is 5.60 Å². The molecule has 1 amide bonds. The molecule has 8 heteroatoms. The maximum absolute atomic E-state index is 13.8. The Morgan fingerprint density at radius 1 is 1.15 bits per heavy atom. The molecule has 4 heterocycles. The summed E-state index contributed by atoms with van der Waals surface area (Å²) in [7, 11) is 0. The zero-order valence-electron chi connectivity index (χ0n) is 19.0. The summed E-state index contributed by atoms with van der Waals surface area (Å²) in [6, 6.07) is 11.3. The minimum absolute atomic E-state index is 0.0701. The van der Waals surface area contributed by atoms with Crippen molar-refractivity contribution in [3.8, 4) is 22.4 Å². The number of carbonyl (C=O) groups excluding carboxylic acids is 1. The molecule has 0 bridgehead atoms. The molecule has 0 unspecified atom stereocenters. The Labute approximate surface area is 195 Å². The van der Waals surface area contributed by atoms with Crippen LogP contribution < -0.4 is 0 Å². The summed E-state index contributed by atoms with van der Waals surface area (Å²) in [5.74, 6) is 0. The molecule has 3 aromatic heterocycles. The first-order chi connectivity index (χ1) is 15.7. The van der Waals surface area contributed by atoms with Gasteiger partial charge in [-0.15, -0.1) is 11.3 Å². The third kappa shape index (κ3) is 4.11. The molecule has 1 aromatic carbocycles. The predicted octanol–water partition coefficient (Wildman–Crippen LogP) is 6.11. The number of carbonyl (C=O) groups is 1. The molecule has 0 saturated carbocycles. The second kappa shape index (κ2) is 7.95. The zero-order valence-corrected chi connectivity index (χ0v) is 19.8. The molecule has 0 saturated heterocycles. The maximum Gasteiger partial charge on any atom is 0.410 e. The van der Waals surface area contributed by atoms with Crippen molar-refractivity contribution in [3.05, 3.63) is 59.6 Å². The van der Waals surface area contributed by atoms with Crippen LogP contribution in [0.15, 0.2) is 48.8 Å². The molecule has 4 aromatic rings. The summed E-state index contributed by atoms with van der Waals surface area (Å²) in [6.07, 6.45) is 3.16. The SMILES string of the molecule is C[C@@H]1Cn2nc(-c3ccc4cc(F)sc4c3)c(-c3ccncc3)c2CN1C(=O)OC(C)(C)C. The van der Waals surface area contributed by atoms with Gasteiger partial charge in [0.25, 0.3) is 0 Å². The first-order valence-corrected chi connectivity index (χ1v) is 11.7. The second-order valence-corrected chi connectivity index (χ2v) is 10.4. The van der Waals surface area contributed by atoms with Crippen molar-refractivity contribution < 1.29 is 13.9 Å². The highest BCUT2D eigenvalue weighted by atomic mass is 32.1. The summed E-state index contributed by atoms with van der Waals surface area (Å²) in [5, 5.41) is 5.63. The Kier molecular flexibility index (Phi) is 5.20. The number of rotatable bonds is 2. The van der Waals surface area contributed by atoms with Crippen LogP contribution >= 0.6 is 11.3 Å². The van der Waals surface area contributed by atoms with Crippen LogP contribution in [0.3, 0.4) is 0 Å². The smallest absolute Gasteiger partial charge is 0.410 e. The van der Waals surface area contributed by atoms with Crippen LogP contribution in [0.4, 0.5) is 9.18 Å². The van der Waals surface area contributed by atoms with Crippen molar-refractivity contribution in [2.45, 2.75) is 52.4 Å².